The first-order chi connectivity index (χ1) is 16.0. The number of ether oxygens (including phenoxy) is 1. The third kappa shape index (κ3) is 3.95. The van der Waals surface area contributed by atoms with Crippen LogP contribution in [-0.4, -0.2) is 41.1 Å². The molecule has 33 heavy (non-hydrogen) atoms. The van der Waals surface area contributed by atoms with Gasteiger partial charge in [0.2, 0.25) is 5.91 Å². The highest BCUT2D eigenvalue weighted by Crippen LogP contribution is 2.54. The van der Waals surface area contributed by atoms with E-state index in [1.807, 2.05) is 36.4 Å². The molecular weight excluding hydrogens is 443 g/mol. The Hall–Kier alpha value is -3.39. The predicted molar refractivity (Wildman–Crippen MR) is 124 cm³/mol. The number of carbonyl (C=O) groups excluding carboxylic acids is 3. The normalized spacial score (nSPS) is 21.8. The largest absolute Gasteiger partial charge is 0.454 e. The van der Waals surface area contributed by atoms with Gasteiger partial charge in [0.05, 0.1) is 0 Å². The van der Waals surface area contributed by atoms with Crippen molar-refractivity contribution in [3.8, 4) is 0 Å². The molecule has 2 atom stereocenters. The van der Waals surface area contributed by atoms with Gasteiger partial charge in [0.1, 0.15) is 16.7 Å². The maximum atomic E-state index is 13.4. The van der Waals surface area contributed by atoms with E-state index < -0.39 is 29.4 Å². The average molecular weight is 465 g/mol. The number of halogens is 1. The first-order valence-electron chi connectivity index (χ1n) is 10.6. The van der Waals surface area contributed by atoms with E-state index in [0.717, 1.165) is 16.3 Å². The third-order valence-corrected chi connectivity index (χ3v) is 7.67. The number of carbonyl (C=O) groups is 3. The van der Waals surface area contributed by atoms with Gasteiger partial charge < -0.3 is 15.0 Å². The lowest BCUT2D eigenvalue weighted by Gasteiger charge is -2.33. The summed E-state index contributed by atoms with van der Waals surface area (Å²) < 4.78 is 18.7. The van der Waals surface area contributed by atoms with Crippen molar-refractivity contribution in [3.05, 3.63) is 78.1 Å². The highest BCUT2D eigenvalue weighted by atomic mass is 32.2. The molecule has 5 rings (SSSR count). The van der Waals surface area contributed by atoms with Gasteiger partial charge in [0, 0.05) is 17.9 Å². The number of nitrogens with one attached hydrogen (secondary N) is 1. The van der Waals surface area contributed by atoms with Crippen LogP contribution in [0.15, 0.2) is 66.7 Å². The number of nitrogens with zero attached hydrogens (tertiary/aromatic N) is 1. The number of rotatable bonds is 5. The van der Waals surface area contributed by atoms with Gasteiger partial charge in [-0.2, -0.15) is 0 Å². The van der Waals surface area contributed by atoms with Crippen LogP contribution in [0.25, 0.3) is 10.8 Å². The molecule has 6 nitrogen and oxygen atoms in total. The van der Waals surface area contributed by atoms with Crippen molar-refractivity contribution < 1.29 is 23.5 Å². The standard InChI is InChI=1S/C25H21FN2O4S/c26-19-8-6-18(7-9-19)25-12-11-23(30)28(25)21(15-33-25)24(31)32-14-22(29)27-20-10-5-16-3-1-2-4-17(16)13-20/h1-10,13,21H,11-12,14-15H2,(H,27,29)/t21-,25-/m1/s1. The fourth-order valence-corrected chi connectivity index (χ4v) is 6.16. The molecule has 2 heterocycles. The van der Waals surface area contributed by atoms with Crippen LogP contribution in [0.5, 0.6) is 0 Å². The van der Waals surface area contributed by atoms with Gasteiger partial charge in [-0.1, -0.05) is 42.5 Å². The number of thioether (sulfide) groups is 1. The van der Waals surface area contributed by atoms with Crippen LogP contribution < -0.4 is 5.32 Å². The van der Waals surface area contributed by atoms with E-state index in [4.69, 9.17) is 4.74 Å². The fourth-order valence-electron chi connectivity index (χ4n) is 4.52. The lowest BCUT2D eigenvalue weighted by molar-refractivity contribution is -0.155. The Bertz CT molecular complexity index is 1250. The molecule has 0 aromatic heterocycles. The van der Waals surface area contributed by atoms with E-state index in [2.05, 4.69) is 5.32 Å². The molecule has 2 amide bonds. The van der Waals surface area contributed by atoms with Gasteiger partial charge in [-0.05, 0) is 47.0 Å². The number of hydrogen-bond acceptors (Lipinski definition) is 5. The molecule has 8 heteroatoms. The molecule has 3 aromatic rings. The van der Waals surface area contributed by atoms with Crippen molar-refractivity contribution >= 4 is 46.0 Å². The number of benzene rings is 3. The Morgan fingerprint density at radius 3 is 2.64 bits per heavy atom. The molecule has 0 bridgehead atoms. The van der Waals surface area contributed by atoms with E-state index in [1.165, 1.54) is 23.9 Å². The molecule has 0 aliphatic carbocycles. The van der Waals surface area contributed by atoms with Crippen LogP contribution in [0.3, 0.4) is 0 Å². The second-order valence-corrected chi connectivity index (χ2v) is 9.40. The van der Waals surface area contributed by atoms with Crippen molar-refractivity contribution in [2.75, 3.05) is 17.7 Å². The lowest BCUT2D eigenvalue weighted by Crippen LogP contribution is -2.47. The maximum absolute atomic E-state index is 13.4. The van der Waals surface area contributed by atoms with E-state index in [0.29, 0.717) is 24.3 Å². The third-order valence-electron chi connectivity index (χ3n) is 6.07. The predicted octanol–water partition coefficient (Wildman–Crippen LogP) is 4.05. The summed E-state index contributed by atoms with van der Waals surface area (Å²) in [5, 5.41) is 4.78. The van der Waals surface area contributed by atoms with Gasteiger partial charge in [0.15, 0.2) is 6.61 Å². The van der Waals surface area contributed by atoms with Gasteiger partial charge in [-0.3, -0.25) is 9.59 Å². The molecule has 2 aliphatic heterocycles. The van der Waals surface area contributed by atoms with Crippen molar-refractivity contribution in [1.82, 2.24) is 4.90 Å². The Labute approximate surface area is 194 Å². The molecule has 168 valence electrons. The Morgan fingerprint density at radius 2 is 1.85 bits per heavy atom. The summed E-state index contributed by atoms with van der Waals surface area (Å²) in [5.41, 5.74) is 1.39. The van der Waals surface area contributed by atoms with Crippen molar-refractivity contribution in [3.63, 3.8) is 0 Å². The number of hydrogen-bond donors (Lipinski definition) is 1. The summed E-state index contributed by atoms with van der Waals surface area (Å²) in [4.78, 5) is 38.7. The molecule has 2 fully saturated rings. The van der Waals surface area contributed by atoms with Crippen LogP contribution in [-0.2, 0) is 24.0 Å². The number of esters is 1. The highest BCUT2D eigenvalue weighted by Gasteiger charge is 2.57. The summed E-state index contributed by atoms with van der Waals surface area (Å²) in [7, 11) is 0. The van der Waals surface area contributed by atoms with Crippen LogP contribution in [0.1, 0.15) is 18.4 Å². The number of anilines is 1. The smallest absolute Gasteiger partial charge is 0.330 e. The van der Waals surface area contributed by atoms with Crippen molar-refractivity contribution in [2.45, 2.75) is 23.8 Å². The fraction of sp³-hybridized carbons (Fsp3) is 0.240. The summed E-state index contributed by atoms with van der Waals surface area (Å²) in [6.45, 7) is -0.446. The summed E-state index contributed by atoms with van der Waals surface area (Å²) in [6, 6.07) is 18.6. The molecule has 1 N–H and O–H groups in total. The molecule has 0 unspecified atom stereocenters. The Kier molecular flexibility index (Phi) is 5.54. The van der Waals surface area contributed by atoms with Crippen LogP contribution in [0.2, 0.25) is 0 Å². The quantitative estimate of drug-likeness (QED) is 0.577. The van der Waals surface area contributed by atoms with Crippen molar-refractivity contribution in [2.24, 2.45) is 0 Å². The minimum Gasteiger partial charge on any atom is -0.454 e. The lowest BCUT2D eigenvalue weighted by atomic mass is 10.0. The molecular formula is C25H21FN2O4S. The van der Waals surface area contributed by atoms with Gasteiger partial charge >= 0.3 is 5.97 Å². The zero-order valence-corrected chi connectivity index (χ0v) is 18.4. The van der Waals surface area contributed by atoms with Gasteiger partial charge in [0.25, 0.3) is 5.91 Å². The second-order valence-electron chi connectivity index (χ2n) is 8.10. The molecule has 0 radical (unpaired) electrons. The summed E-state index contributed by atoms with van der Waals surface area (Å²) in [6.07, 6.45) is 0.838. The molecule has 2 aliphatic rings. The van der Waals surface area contributed by atoms with Crippen LogP contribution >= 0.6 is 11.8 Å². The van der Waals surface area contributed by atoms with Crippen molar-refractivity contribution in [1.29, 1.82) is 0 Å². The first kappa shape index (κ1) is 21.5. The maximum Gasteiger partial charge on any atom is 0.330 e. The zero-order chi connectivity index (χ0) is 23.0. The Balaban J connectivity index is 1.24. The second kappa shape index (κ2) is 8.51. The van der Waals surface area contributed by atoms with E-state index in [9.17, 15) is 18.8 Å². The minimum atomic E-state index is -0.788. The molecule has 3 aromatic carbocycles. The van der Waals surface area contributed by atoms with Crippen LogP contribution in [0.4, 0.5) is 10.1 Å². The SMILES string of the molecule is O=C(COC(=O)[C@H]1CS[C@@]2(c3ccc(F)cc3)CCC(=O)N12)Nc1ccc2ccccc2c1. The Morgan fingerprint density at radius 1 is 1.09 bits per heavy atom. The van der Waals surface area contributed by atoms with E-state index >= 15 is 0 Å². The molecule has 2 saturated heterocycles. The first-order valence-corrected chi connectivity index (χ1v) is 11.6. The zero-order valence-electron chi connectivity index (χ0n) is 17.6. The topological polar surface area (TPSA) is 75.7 Å². The summed E-state index contributed by atoms with van der Waals surface area (Å²) in [5.74, 6) is -1.22. The minimum absolute atomic E-state index is 0.146. The number of amides is 2. The van der Waals surface area contributed by atoms with Crippen LogP contribution in [0, 0.1) is 5.82 Å². The molecule has 0 spiro atoms. The number of fused-ring (bicyclic) bond motifs is 2. The summed E-state index contributed by atoms with van der Waals surface area (Å²) >= 11 is 1.48. The van der Waals surface area contributed by atoms with E-state index in [-0.39, 0.29) is 11.7 Å². The van der Waals surface area contributed by atoms with E-state index in [1.54, 1.807) is 23.1 Å². The van der Waals surface area contributed by atoms with Gasteiger partial charge in [-0.15, -0.1) is 11.8 Å². The monoisotopic (exact) mass is 464 g/mol. The molecule has 0 saturated carbocycles. The average Bonchev–Trinajstić information content (AvgIpc) is 3.37. The van der Waals surface area contributed by atoms with Gasteiger partial charge in [-0.25, -0.2) is 9.18 Å². The highest BCUT2D eigenvalue weighted by molar-refractivity contribution is 8.00.